The molecule has 0 amide bonds. The Balaban J connectivity index is 2.05. The monoisotopic (exact) mass is 286 g/mol. The first-order chi connectivity index (χ1) is 9.72. The smallest absolute Gasteiger partial charge is 0.119 e. The van der Waals surface area contributed by atoms with Crippen molar-refractivity contribution < 1.29 is 4.74 Å². The van der Waals surface area contributed by atoms with Gasteiger partial charge in [-0.2, -0.15) is 5.26 Å². The molecule has 0 saturated heterocycles. The Bertz CT molecular complexity index is 617. The topological polar surface area (TPSA) is 45.0 Å². The summed E-state index contributed by atoms with van der Waals surface area (Å²) in [4.78, 5) is 0. The predicted molar refractivity (Wildman–Crippen MR) is 81.1 cm³/mol. The van der Waals surface area contributed by atoms with Crippen LogP contribution in [0.2, 0.25) is 5.02 Å². The highest BCUT2D eigenvalue weighted by molar-refractivity contribution is 6.30. The fraction of sp³-hybridized carbons (Fsp3) is 0.188. The van der Waals surface area contributed by atoms with Crippen LogP contribution >= 0.6 is 11.6 Å². The van der Waals surface area contributed by atoms with E-state index >= 15 is 0 Å². The van der Waals surface area contributed by atoms with Crippen molar-refractivity contribution in [3.8, 4) is 11.8 Å². The molecule has 0 aromatic heterocycles. The predicted octanol–water partition coefficient (Wildman–Crippen LogP) is 4.22. The molecule has 2 rings (SSSR count). The van der Waals surface area contributed by atoms with Crippen molar-refractivity contribution >= 4 is 17.3 Å². The Morgan fingerprint density at radius 2 is 1.95 bits per heavy atom. The Hall–Kier alpha value is -2.18. The van der Waals surface area contributed by atoms with Gasteiger partial charge in [0.2, 0.25) is 0 Å². The summed E-state index contributed by atoms with van der Waals surface area (Å²) in [6.45, 7) is 3.24. The molecule has 0 atom stereocenters. The zero-order valence-electron chi connectivity index (χ0n) is 11.2. The summed E-state index contributed by atoms with van der Waals surface area (Å²) in [7, 11) is 0. The fourth-order valence-electron chi connectivity index (χ4n) is 1.83. The van der Waals surface area contributed by atoms with E-state index in [-0.39, 0.29) is 0 Å². The molecular weight excluding hydrogens is 272 g/mol. The molecule has 2 aromatic carbocycles. The average Bonchev–Trinajstić information content (AvgIpc) is 2.47. The number of rotatable bonds is 5. The van der Waals surface area contributed by atoms with Gasteiger partial charge in [-0.3, -0.25) is 0 Å². The molecule has 0 bridgehead atoms. The molecule has 0 aliphatic heterocycles. The molecule has 1 N–H and O–H groups in total. The Morgan fingerprint density at radius 1 is 1.20 bits per heavy atom. The lowest BCUT2D eigenvalue weighted by molar-refractivity contribution is 0.340. The van der Waals surface area contributed by atoms with Gasteiger partial charge in [-0.25, -0.2) is 0 Å². The van der Waals surface area contributed by atoms with Crippen molar-refractivity contribution in [1.29, 1.82) is 5.26 Å². The largest absolute Gasteiger partial charge is 0.494 e. The molecule has 0 unspecified atom stereocenters. The van der Waals surface area contributed by atoms with Gasteiger partial charge in [0.05, 0.1) is 17.9 Å². The van der Waals surface area contributed by atoms with E-state index in [0.29, 0.717) is 23.7 Å². The molecule has 0 fully saturated rings. The maximum absolute atomic E-state index is 9.05. The minimum Gasteiger partial charge on any atom is -0.494 e. The van der Waals surface area contributed by atoms with Crippen molar-refractivity contribution in [2.24, 2.45) is 0 Å². The quantitative estimate of drug-likeness (QED) is 0.895. The van der Waals surface area contributed by atoms with Crippen LogP contribution in [0, 0.1) is 11.3 Å². The third-order valence-electron chi connectivity index (χ3n) is 2.82. The van der Waals surface area contributed by atoms with Gasteiger partial charge < -0.3 is 10.1 Å². The second-order valence-electron chi connectivity index (χ2n) is 4.23. The fourth-order valence-corrected chi connectivity index (χ4v) is 2.00. The van der Waals surface area contributed by atoms with E-state index < -0.39 is 0 Å². The lowest BCUT2D eigenvalue weighted by atomic mass is 10.1. The maximum Gasteiger partial charge on any atom is 0.119 e. The SMILES string of the molecule is CCOc1ccc(CNc2cc(Cl)ccc2C#N)cc1. The third kappa shape index (κ3) is 3.66. The minimum atomic E-state index is 0.584. The molecule has 2 aromatic rings. The summed E-state index contributed by atoms with van der Waals surface area (Å²) >= 11 is 5.95. The van der Waals surface area contributed by atoms with Gasteiger partial charge >= 0.3 is 0 Å². The van der Waals surface area contributed by atoms with Crippen molar-refractivity contribution in [3.63, 3.8) is 0 Å². The molecule has 0 aliphatic carbocycles. The van der Waals surface area contributed by atoms with Crippen molar-refractivity contribution in [2.45, 2.75) is 13.5 Å². The van der Waals surface area contributed by atoms with Crippen LogP contribution in [0.4, 0.5) is 5.69 Å². The Kier molecular flexibility index (Phi) is 4.86. The molecule has 0 heterocycles. The Labute approximate surface area is 123 Å². The van der Waals surface area contributed by atoms with E-state index in [2.05, 4.69) is 11.4 Å². The number of benzene rings is 2. The minimum absolute atomic E-state index is 0.584. The standard InChI is InChI=1S/C16H15ClN2O/c1-2-20-15-7-3-12(4-8-15)11-19-16-9-14(17)6-5-13(16)10-18/h3-9,19H,2,11H2,1H3. The molecule has 0 radical (unpaired) electrons. The number of nitrogens with one attached hydrogen (secondary N) is 1. The first-order valence-corrected chi connectivity index (χ1v) is 6.76. The molecule has 0 spiro atoms. The molecular formula is C16H15ClN2O. The summed E-state index contributed by atoms with van der Waals surface area (Å²) in [5, 5.41) is 12.9. The highest BCUT2D eigenvalue weighted by atomic mass is 35.5. The van der Waals surface area contributed by atoms with E-state index in [1.807, 2.05) is 31.2 Å². The van der Waals surface area contributed by atoms with Gasteiger partial charge in [-0.15, -0.1) is 0 Å². The molecule has 20 heavy (non-hydrogen) atoms. The highest BCUT2D eigenvalue weighted by Crippen LogP contribution is 2.21. The zero-order valence-corrected chi connectivity index (χ0v) is 11.9. The first-order valence-electron chi connectivity index (χ1n) is 6.38. The summed E-state index contributed by atoms with van der Waals surface area (Å²) in [6.07, 6.45) is 0. The van der Waals surface area contributed by atoms with Crippen molar-refractivity contribution in [3.05, 3.63) is 58.6 Å². The molecule has 0 aliphatic rings. The number of ether oxygens (including phenoxy) is 1. The average molecular weight is 287 g/mol. The summed E-state index contributed by atoms with van der Waals surface area (Å²) in [5.74, 6) is 0.858. The number of nitriles is 1. The van der Waals surface area contributed by atoms with E-state index in [1.165, 1.54) is 0 Å². The zero-order chi connectivity index (χ0) is 14.4. The van der Waals surface area contributed by atoms with E-state index in [9.17, 15) is 0 Å². The number of hydrogen-bond acceptors (Lipinski definition) is 3. The normalized spacial score (nSPS) is 9.85. The number of anilines is 1. The summed E-state index contributed by atoms with van der Waals surface area (Å²) in [5.41, 5.74) is 2.44. The van der Waals surface area contributed by atoms with Crippen molar-refractivity contribution in [2.75, 3.05) is 11.9 Å². The molecule has 0 saturated carbocycles. The van der Waals surface area contributed by atoms with Crippen LogP contribution in [0.15, 0.2) is 42.5 Å². The van der Waals surface area contributed by atoms with Crippen LogP contribution in [-0.2, 0) is 6.54 Å². The van der Waals surface area contributed by atoms with Gasteiger partial charge in [-0.05, 0) is 42.8 Å². The van der Waals surface area contributed by atoms with Crippen LogP contribution in [-0.4, -0.2) is 6.61 Å². The van der Waals surface area contributed by atoms with Gasteiger partial charge in [0.15, 0.2) is 0 Å². The van der Waals surface area contributed by atoms with Crippen LogP contribution < -0.4 is 10.1 Å². The lowest BCUT2D eigenvalue weighted by Gasteiger charge is -2.09. The molecule has 102 valence electrons. The van der Waals surface area contributed by atoms with Crippen LogP contribution in [0.1, 0.15) is 18.1 Å². The van der Waals surface area contributed by atoms with Gasteiger partial charge in [0, 0.05) is 11.6 Å². The van der Waals surface area contributed by atoms with Gasteiger partial charge in [-0.1, -0.05) is 23.7 Å². The van der Waals surface area contributed by atoms with E-state index in [1.54, 1.807) is 18.2 Å². The van der Waals surface area contributed by atoms with E-state index in [0.717, 1.165) is 17.0 Å². The molecule has 3 nitrogen and oxygen atoms in total. The number of nitrogens with zero attached hydrogens (tertiary/aromatic N) is 1. The molecule has 4 heteroatoms. The number of halogens is 1. The Morgan fingerprint density at radius 3 is 2.60 bits per heavy atom. The lowest BCUT2D eigenvalue weighted by Crippen LogP contribution is -2.01. The van der Waals surface area contributed by atoms with Crippen molar-refractivity contribution in [1.82, 2.24) is 0 Å². The van der Waals surface area contributed by atoms with Gasteiger partial charge in [0.1, 0.15) is 11.8 Å². The second-order valence-corrected chi connectivity index (χ2v) is 4.67. The van der Waals surface area contributed by atoms with Crippen LogP contribution in [0.3, 0.4) is 0 Å². The number of hydrogen-bond donors (Lipinski definition) is 1. The summed E-state index contributed by atoms with van der Waals surface area (Å²) < 4.78 is 5.39. The van der Waals surface area contributed by atoms with Crippen LogP contribution in [0.25, 0.3) is 0 Å². The maximum atomic E-state index is 9.05. The summed E-state index contributed by atoms with van der Waals surface area (Å²) in [6, 6.07) is 15.2. The van der Waals surface area contributed by atoms with Gasteiger partial charge in [0.25, 0.3) is 0 Å². The highest BCUT2D eigenvalue weighted by Gasteiger charge is 2.03. The second kappa shape index (κ2) is 6.83. The van der Waals surface area contributed by atoms with E-state index in [4.69, 9.17) is 21.6 Å². The third-order valence-corrected chi connectivity index (χ3v) is 3.05. The van der Waals surface area contributed by atoms with Crippen LogP contribution in [0.5, 0.6) is 5.75 Å². The first kappa shape index (κ1) is 14.2.